The van der Waals surface area contributed by atoms with Crippen molar-refractivity contribution in [3.8, 4) is 5.75 Å². The molecule has 3 nitrogen and oxygen atoms in total. The van der Waals surface area contributed by atoms with Gasteiger partial charge in [0.25, 0.3) is 0 Å². The smallest absolute Gasteiger partial charge is 0.242 e. The molecule has 136 valence electrons. The minimum Gasteiger partial charge on any atom is -0.543 e. The van der Waals surface area contributed by atoms with Crippen molar-refractivity contribution in [1.82, 2.24) is 0 Å². The van der Waals surface area contributed by atoms with E-state index in [1.807, 2.05) is 6.92 Å². The monoisotopic (exact) mass is 357 g/mol. The maximum atomic E-state index is 6.24. The van der Waals surface area contributed by atoms with Crippen molar-refractivity contribution in [3.63, 3.8) is 0 Å². The third-order valence-corrected chi connectivity index (χ3v) is 4.57. The second kappa shape index (κ2) is 9.64. The largest absolute Gasteiger partial charge is 0.543 e. The lowest BCUT2D eigenvalue weighted by Gasteiger charge is -2.23. The molecular weight excluding hydrogens is 326 g/mol. The molecule has 0 aliphatic rings. The number of ether oxygens (including phenoxy) is 1. The van der Waals surface area contributed by atoms with E-state index in [0.29, 0.717) is 6.61 Å². The first-order valence-electron chi connectivity index (χ1n) is 9.15. The molecule has 0 amide bonds. The summed E-state index contributed by atoms with van der Waals surface area (Å²) in [7, 11) is -1.64. The summed E-state index contributed by atoms with van der Waals surface area (Å²) in [5.41, 5.74) is 3.64. The third kappa shape index (κ3) is 7.32. The van der Waals surface area contributed by atoms with Crippen LogP contribution in [0.2, 0.25) is 19.6 Å². The van der Waals surface area contributed by atoms with Crippen molar-refractivity contribution in [3.05, 3.63) is 59.7 Å². The van der Waals surface area contributed by atoms with E-state index < -0.39 is 8.32 Å². The second-order valence-electron chi connectivity index (χ2n) is 7.20. The van der Waals surface area contributed by atoms with E-state index in [-0.39, 0.29) is 0 Å². The molecule has 0 bridgehead atoms. The van der Waals surface area contributed by atoms with Crippen LogP contribution < -0.4 is 9.74 Å². The van der Waals surface area contributed by atoms with Gasteiger partial charge < -0.3 is 14.5 Å². The van der Waals surface area contributed by atoms with Crippen LogP contribution in [-0.2, 0) is 17.8 Å². The maximum absolute atomic E-state index is 6.24. The topological polar surface area (TPSA) is 30.5 Å². The molecule has 0 saturated heterocycles. The van der Waals surface area contributed by atoms with E-state index in [1.54, 1.807) is 0 Å². The van der Waals surface area contributed by atoms with Gasteiger partial charge in [-0.3, -0.25) is 0 Å². The second-order valence-corrected chi connectivity index (χ2v) is 11.6. The predicted molar refractivity (Wildman–Crippen MR) is 109 cm³/mol. The molecule has 1 N–H and O–H groups in total. The molecule has 0 spiro atoms. The highest BCUT2D eigenvalue weighted by Crippen LogP contribution is 2.28. The van der Waals surface area contributed by atoms with Crippen molar-refractivity contribution < 1.29 is 9.16 Å². The molecule has 0 aliphatic carbocycles. The van der Waals surface area contributed by atoms with Crippen LogP contribution >= 0.6 is 0 Å². The van der Waals surface area contributed by atoms with Crippen molar-refractivity contribution in [1.29, 1.82) is 0 Å². The first-order valence-corrected chi connectivity index (χ1v) is 12.6. The number of hydrogen-bond donors (Lipinski definition) is 1. The van der Waals surface area contributed by atoms with E-state index in [0.717, 1.165) is 37.4 Å². The lowest BCUT2D eigenvalue weighted by atomic mass is 10.1. The number of nitrogens with one attached hydrogen (secondary N) is 1. The quantitative estimate of drug-likeness (QED) is 0.451. The number of hydrogen-bond acceptors (Lipinski definition) is 3. The van der Waals surface area contributed by atoms with Crippen molar-refractivity contribution in [2.24, 2.45) is 0 Å². The molecule has 2 rings (SSSR count). The fourth-order valence-corrected chi connectivity index (χ4v) is 3.44. The summed E-state index contributed by atoms with van der Waals surface area (Å²) in [5.74, 6) is 0.958. The van der Waals surface area contributed by atoms with Crippen molar-refractivity contribution >= 4 is 14.0 Å². The molecule has 0 unspecified atom stereocenters. The molecule has 0 radical (unpaired) electrons. The molecule has 0 aliphatic heterocycles. The lowest BCUT2D eigenvalue weighted by molar-refractivity contribution is 0.134. The van der Waals surface area contributed by atoms with Crippen molar-refractivity contribution in [2.45, 2.75) is 46.0 Å². The Kier molecular flexibility index (Phi) is 7.53. The molecular formula is C21H31NO2Si. The number of rotatable bonds is 10. The van der Waals surface area contributed by atoms with Crippen LogP contribution in [-0.4, -0.2) is 21.5 Å². The van der Waals surface area contributed by atoms with Gasteiger partial charge in [0, 0.05) is 13.2 Å². The minimum atomic E-state index is -1.64. The summed E-state index contributed by atoms with van der Waals surface area (Å²) in [6.45, 7) is 10.9. The fourth-order valence-electron chi connectivity index (χ4n) is 2.60. The molecule has 2 aromatic carbocycles. The highest BCUT2D eigenvalue weighted by Gasteiger charge is 2.18. The van der Waals surface area contributed by atoms with Crippen LogP contribution in [0.15, 0.2) is 48.5 Å². The Hall–Kier alpha value is -1.78. The third-order valence-electron chi connectivity index (χ3n) is 3.73. The predicted octanol–water partition coefficient (Wildman–Crippen LogP) is 5.48. The van der Waals surface area contributed by atoms with Gasteiger partial charge in [-0.25, -0.2) is 0 Å². The highest BCUT2D eigenvalue weighted by molar-refractivity contribution is 6.70. The Morgan fingerprint density at radius 1 is 0.960 bits per heavy atom. The first kappa shape index (κ1) is 19.5. The van der Waals surface area contributed by atoms with Gasteiger partial charge in [-0.15, -0.1) is 0 Å². The summed E-state index contributed by atoms with van der Waals surface area (Å²) in [5, 5.41) is 3.56. The normalized spacial score (nSPS) is 11.4. The number of anilines is 1. The number of benzene rings is 2. The summed E-state index contributed by atoms with van der Waals surface area (Å²) >= 11 is 0. The first-order chi connectivity index (χ1) is 12.0. The van der Waals surface area contributed by atoms with E-state index in [4.69, 9.17) is 9.16 Å². The van der Waals surface area contributed by atoms with Crippen LogP contribution in [0.1, 0.15) is 24.5 Å². The van der Waals surface area contributed by atoms with Gasteiger partial charge in [-0.1, -0.05) is 36.4 Å². The zero-order valence-corrected chi connectivity index (χ0v) is 17.0. The Morgan fingerprint density at radius 3 is 2.40 bits per heavy atom. The van der Waals surface area contributed by atoms with E-state index in [9.17, 15) is 0 Å². The molecule has 0 fully saturated rings. The molecule has 4 heteroatoms. The summed E-state index contributed by atoms with van der Waals surface area (Å²) in [6.07, 6.45) is 2.17. The standard InChI is InChI=1S/C21H31NO2Si/c1-5-23-17-19-13-14-21(24-25(2,3)4)20(16-19)22-15-9-12-18-10-7-6-8-11-18/h6-8,10-11,13-14,16,22H,5,9,12,15,17H2,1-4H3. The lowest BCUT2D eigenvalue weighted by Crippen LogP contribution is -2.29. The van der Waals surface area contributed by atoms with Gasteiger partial charge in [-0.2, -0.15) is 0 Å². The zero-order valence-electron chi connectivity index (χ0n) is 16.0. The van der Waals surface area contributed by atoms with Crippen LogP contribution in [0.3, 0.4) is 0 Å². The molecule has 0 aromatic heterocycles. The van der Waals surface area contributed by atoms with Gasteiger partial charge in [0.2, 0.25) is 8.32 Å². The Labute approximate surface area is 153 Å². The van der Waals surface area contributed by atoms with Gasteiger partial charge >= 0.3 is 0 Å². The van der Waals surface area contributed by atoms with Gasteiger partial charge in [-0.05, 0) is 62.7 Å². The maximum Gasteiger partial charge on any atom is 0.242 e. The van der Waals surface area contributed by atoms with Crippen LogP contribution in [0, 0.1) is 0 Å². The average molecular weight is 358 g/mol. The minimum absolute atomic E-state index is 0.641. The summed E-state index contributed by atoms with van der Waals surface area (Å²) in [4.78, 5) is 0. The van der Waals surface area contributed by atoms with Crippen molar-refractivity contribution in [2.75, 3.05) is 18.5 Å². The van der Waals surface area contributed by atoms with E-state index in [2.05, 4.69) is 73.5 Å². The Morgan fingerprint density at radius 2 is 1.72 bits per heavy atom. The molecule has 25 heavy (non-hydrogen) atoms. The average Bonchev–Trinajstić information content (AvgIpc) is 2.58. The van der Waals surface area contributed by atoms with E-state index >= 15 is 0 Å². The SMILES string of the molecule is CCOCc1ccc(O[Si](C)(C)C)c(NCCCc2ccccc2)c1. The Balaban J connectivity index is 1.98. The van der Waals surface area contributed by atoms with Gasteiger partial charge in [0.1, 0.15) is 5.75 Å². The van der Waals surface area contributed by atoms with Crippen LogP contribution in [0.5, 0.6) is 5.75 Å². The van der Waals surface area contributed by atoms with Crippen LogP contribution in [0.25, 0.3) is 0 Å². The highest BCUT2D eigenvalue weighted by atomic mass is 28.4. The zero-order chi connectivity index (χ0) is 18.1. The van der Waals surface area contributed by atoms with Crippen LogP contribution in [0.4, 0.5) is 5.69 Å². The molecule has 0 heterocycles. The van der Waals surface area contributed by atoms with Gasteiger partial charge in [0.15, 0.2) is 0 Å². The molecule has 0 atom stereocenters. The summed E-state index contributed by atoms with van der Waals surface area (Å²) in [6, 6.07) is 17.0. The van der Waals surface area contributed by atoms with E-state index in [1.165, 1.54) is 11.1 Å². The number of aryl methyl sites for hydroxylation is 1. The van der Waals surface area contributed by atoms with Gasteiger partial charge in [0.05, 0.1) is 12.3 Å². The molecule has 2 aromatic rings. The Bertz CT molecular complexity index is 638. The summed E-state index contributed by atoms with van der Waals surface area (Å²) < 4.78 is 11.8. The molecule has 0 saturated carbocycles. The fraction of sp³-hybridized carbons (Fsp3) is 0.429.